The van der Waals surface area contributed by atoms with Crippen LogP contribution in [0.5, 0.6) is 0 Å². The van der Waals surface area contributed by atoms with Gasteiger partial charge in [0.1, 0.15) is 18.3 Å². The molecule has 1 saturated heterocycles. The molecule has 2 amide bonds. The Labute approximate surface area is 129 Å². The lowest BCUT2D eigenvalue weighted by atomic mass is 10.1. The van der Waals surface area contributed by atoms with Gasteiger partial charge in [-0.25, -0.2) is 14.8 Å². The number of urea groups is 1. The SMILES string of the molecule is CNC(=O)NCC1OC(n2cnc3c(=O)[nH]cnc32)C(O)C1O. The summed E-state index contributed by atoms with van der Waals surface area (Å²) in [5.41, 5.74) is -0.0887. The van der Waals surface area contributed by atoms with Crippen LogP contribution in [0, 0.1) is 0 Å². The van der Waals surface area contributed by atoms with Gasteiger partial charge in [0.15, 0.2) is 17.4 Å². The van der Waals surface area contributed by atoms with E-state index in [1.807, 2.05) is 0 Å². The molecule has 23 heavy (non-hydrogen) atoms. The van der Waals surface area contributed by atoms with Gasteiger partial charge in [-0.2, -0.15) is 0 Å². The van der Waals surface area contributed by atoms with Crippen LogP contribution in [0.25, 0.3) is 11.2 Å². The van der Waals surface area contributed by atoms with E-state index in [1.165, 1.54) is 24.3 Å². The largest absolute Gasteiger partial charge is 0.387 e. The van der Waals surface area contributed by atoms with Crippen molar-refractivity contribution in [1.29, 1.82) is 0 Å². The Morgan fingerprint density at radius 1 is 1.43 bits per heavy atom. The minimum atomic E-state index is -1.26. The second-order valence-corrected chi connectivity index (χ2v) is 5.06. The van der Waals surface area contributed by atoms with E-state index in [2.05, 4.69) is 25.6 Å². The van der Waals surface area contributed by atoms with Crippen molar-refractivity contribution in [1.82, 2.24) is 30.2 Å². The number of aromatic amines is 1. The average Bonchev–Trinajstić information content (AvgIpc) is 3.09. The number of ether oxygens (including phenoxy) is 1. The quantitative estimate of drug-likeness (QED) is 0.424. The molecule has 2 aromatic rings. The molecule has 5 N–H and O–H groups in total. The highest BCUT2D eigenvalue weighted by molar-refractivity contribution is 5.73. The van der Waals surface area contributed by atoms with Crippen LogP contribution >= 0.6 is 0 Å². The van der Waals surface area contributed by atoms with E-state index in [0.717, 1.165) is 0 Å². The first kappa shape index (κ1) is 15.4. The van der Waals surface area contributed by atoms with Gasteiger partial charge < -0.3 is 30.6 Å². The molecule has 4 atom stereocenters. The van der Waals surface area contributed by atoms with Crippen LogP contribution in [-0.4, -0.2) is 67.7 Å². The maximum absolute atomic E-state index is 11.6. The molecule has 0 bridgehead atoms. The zero-order chi connectivity index (χ0) is 16.6. The summed E-state index contributed by atoms with van der Waals surface area (Å²) in [4.78, 5) is 33.2. The van der Waals surface area contributed by atoms with Gasteiger partial charge in [-0.05, 0) is 0 Å². The molecule has 3 rings (SSSR count). The lowest BCUT2D eigenvalue weighted by molar-refractivity contribution is -0.0335. The molecule has 2 aromatic heterocycles. The predicted octanol–water partition coefficient (Wildman–Crippen LogP) is -2.33. The molecular weight excluding hydrogens is 308 g/mol. The zero-order valence-electron chi connectivity index (χ0n) is 12.1. The van der Waals surface area contributed by atoms with Gasteiger partial charge in [0, 0.05) is 13.6 Å². The molecule has 3 heterocycles. The van der Waals surface area contributed by atoms with Crippen LogP contribution in [0.1, 0.15) is 6.23 Å². The Morgan fingerprint density at radius 2 is 2.22 bits per heavy atom. The fourth-order valence-corrected chi connectivity index (χ4v) is 2.46. The van der Waals surface area contributed by atoms with Crippen molar-refractivity contribution in [3.8, 4) is 0 Å². The molecule has 0 aliphatic carbocycles. The number of carbonyl (C=O) groups excluding carboxylic acids is 1. The van der Waals surface area contributed by atoms with Crippen LogP contribution in [0.2, 0.25) is 0 Å². The Bertz CT molecular complexity index is 773. The van der Waals surface area contributed by atoms with Gasteiger partial charge in [0.25, 0.3) is 5.56 Å². The number of aromatic nitrogens is 4. The minimum Gasteiger partial charge on any atom is -0.387 e. The first-order valence-electron chi connectivity index (χ1n) is 6.90. The monoisotopic (exact) mass is 324 g/mol. The van der Waals surface area contributed by atoms with Crippen molar-refractivity contribution in [2.24, 2.45) is 0 Å². The van der Waals surface area contributed by atoms with E-state index in [4.69, 9.17) is 4.74 Å². The number of H-pyrrole nitrogens is 1. The summed E-state index contributed by atoms with van der Waals surface area (Å²) in [7, 11) is 1.46. The smallest absolute Gasteiger partial charge is 0.314 e. The summed E-state index contributed by atoms with van der Waals surface area (Å²) in [6, 6.07) is -0.431. The number of nitrogens with zero attached hydrogens (tertiary/aromatic N) is 3. The number of fused-ring (bicyclic) bond motifs is 1. The van der Waals surface area contributed by atoms with E-state index in [0.29, 0.717) is 0 Å². The maximum Gasteiger partial charge on any atom is 0.314 e. The topological polar surface area (TPSA) is 154 Å². The highest BCUT2D eigenvalue weighted by Crippen LogP contribution is 2.30. The number of rotatable bonds is 3. The van der Waals surface area contributed by atoms with E-state index >= 15 is 0 Å². The summed E-state index contributed by atoms with van der Waals surface area (Å²) in [5, 5.41) is 25.1. The number of aliphatic hydroxyl groups excluding tert-OH is 2. The summed E-state index contributed by atoms with van der Waals surface area (Å²) >= 11 is 0. The molecule has 11 heteroatoms. The fourth-order valence-electron chi connectivity index (χ4n) is 2.46. The van der Waals surface area contributed by atoms with Gasteiger partial charge >= 0.3 is 6.03 Å². The Morgan fingerprint density at radius 3 is 2.96 bits per heavy atom. The molecule has 0 saturated carbocycles. The van der Waals surface area contributed by atoms with Gasteiger partial charge in [-0.3, -0.25) is 9.36 Å². The first-order chi connectivity index (χ1) is 11.0. The highest BCUT2D eigenvalue weighted by atomic mass is 16.6. The lowest BCUT2D eigenvalue weighted by Gasteiger charge is -2.16. The number of aliphatic hydroxyl groups is 2. The summed E-state index contributed by atoms with van der Waals surface area (Å²) in [5.74, 6) is 0. The van der Waals surface area contributed by atoms with Gasteiger partial charge in [-0.15, -0.1) is 0 Å². The van der Waals surface area contributed by atoms with Crippen molar-refractivity contribution in [3.63, 3.8) is 0 Å². The normalized spacial score (nSPS) is 27.3. The average molecular weight is 324 g/mol. The number of hydrogen-bond donors (Lipinski definition) is 5. The third-order valence-electron chi connectivity index (χ3n) is 3.67. The molecule has 0 radical (unpaired) electrons. The van der Waals surface area contributed by atoms with Crippen molar-refractivity contribution < 1.29 is 19.7 Å². The van der Waals surface area contributed by atoms with Crippen molar-refractivity contribution in [3.05, 3.63) is 23.0 Å². The summed E-state index contributed by atoms with van der Waals surface area (Å²) in [6.07, 6.45) is -1.73. The second kappa shape index (κ2) is 5.95. The molecule has 0 aromatic carbocycles. The van der Waals surface area contributed by atoms with Crippen LogP contribution < -0.4 is 16.2 Å². The Hall–Kier alpha value is -2.50. The van der Waals surface area contributed by atoms with Crippen molar-refractivity contribution in [2.75, 3.05) is 13.6 Å². The van der Waals surface area contributed by atoms with E-state index in [9.17, 15) is 19.8 Å². The third kappa shape index (κ3) is 2.65. The van der Waals surface area contributed by atoms with Crippen LogP contribution in [-0.2, 0) is 4.74 Å². The summed E-state index contributed by atoms with van der Waals surface area (Å²) < 4.78 is 6.97. The number of amides is 2. The first-order valence-corrected chi connectivity index (χ1v) is 6.90. The molecule has 0 spiro atoms. The minimum absolute atomic E-state index is 0.00897. The van der Waals surface area contributed by atoms with Crippen LogP contribution in [0.4, 0.5) is 4.79 Å². The van der Waals surface area contributed by atoms with Crippen LogP contribution in [0.3, 0.4) is 0 Å². The molecule has 1 aliphatic heterocycles. The van der Waals surface area contributed by atoms with Gasteiger partial charge in [0.2, 0.25) is 0 Å². The molecule has 11 nitrogen and oxygen atoms in total. The number of carbonyl (C=O) groups is 1. The standard InChI is InChI=1S/C12H16N6O5/c1-13-12(22)14-2-5-7(19)8(20)11(23-5)18-4-17-6-9(18)15-3-16-10(6)21/h3-5,7-8,11,19-20H,2H2,1H3,(H2,13,14,22)(H,15,16,21). The number of hydrogen-bond acceptors (Lipinski definition) is 7. The fraction of sp³-hybridized carbons (Fsp3) is 0.500. The van der Waals surface area contributed by atoms with Gasteiger partial charge in [0.05, 0.1) is 12.7 Å². The van der Waals surface area contributed by atoms with E-state index < -0.39 is 36.1 Å². The third-order valence-corrected chi connectivity index (χ3v) is 3.67. The van der Waals surface area contributed by atoms with Crippen molar-refractivity contribution >= 4 is 17.2 Å². The maximum atomic E-state index is 11.6. The number of imidazole rings is 1. The van der Waals surface area contributed by atoms with Crippen LogP contribution in [0.15, 0.2) is 17.4 Å². The van der Waals surface area contributed by atoms with Crippen molar-refractivity contribution in [2.45, 2.75) is 24.5 Å². The highest BCUT2D eigenvalue weighted by Gasteiger charge is 2.44. The Kier molecular flexibility index (Phi) is 3.98. The van der Waals surface area contributed by atoms with Gasteiger partial charge in [-0.1, -0.05) is 0 Å². The molecule has 1 fully saturated rings. The second-order valence-electron chi connectivity index (χ2n) is 5.06. The molecular formula is C12H16N6O5. The molecule has 4 unspecified atom stereocenters. The number of nitrogens with one attached hydrogen (secondary N) is 3. The van der Waals surface area contributed by atoms with E-state index in [-0.39, 0.29) is 17.7 Å². The lowest BCUT2D eigenvalue weighted by Crippen LogP contribution is -2.42. The molecule has 124 valence electrons. The molecule has 1 aliphatic rings. The zero-order valence-corrected chi connectivity index (χ0v) is 12.1. The van der Waals surface area contributed by atoms with E-state index in [1.54, 1.807) is 0 Å². The summed E-state index contributed by atoms with van der Waals surface area (Å²) in [6.45, 7) is 0.00897. The Balaban J connectivity index is 1.84. The predicted molar refractivity (Wildman–Crippen MR) is 76.5 cm³/mol.